The van der Waals surface area contributed by atoms with Gasteiger partial charge in [-0.15, -0.1) is 11.3 Å². The molecule has 0 bridgehead atoms. The first-order chi connectivity index (χ1) is 17.5. The fraction of sp³-hybridized carbons (Fsp3) is 0.536. The summed E-state index contributed by atoms with van der Waals surface area (Å²) in [6.45, 7) is 7.36. The van der Waals surface area contributed by atoms with Gasteiger partial charge in [0.1, 0.15) is 28.0 Å². The third-order valence-electron chi connectivity index (χ3n) is 7.44. The van der Waals surface area contributed by atoms with Crippen LogP contribution >= 0.6 is 11.3 Å². The second kappa shape index (κ2) is 10.6. The van der Waals surface area contributed by atoms with Gasteiger partial charge >= 0.3 is 0 Å². The highest BCUT2D eigenvalue weighted by atomic mass is 32.1. The van der Waals surface area contributed by atoms with E-state index < -0.39 is 0 Å². The highest BCUT2D eigenvalue weighted by Gasteiger charge is 2.29. The number of hydrogen-bond donors (Lipinski definition) is 0. The second-order valence-corrected chi connectivity index (χ2v) is 11.0. The molecule has 1 unspecified atom stereocenters. The first-order valence-corrected chi connectivity index (χ1v) is 13.9. The average Bonchev–Trinajstić information content (AvgIpc) is 3.28. The molecule has 2 aromatic heterocycles. The summed E-state index contributed by atoms with van der Waals surface area (Å²) >= 11 is 1.87. The van der Waals surface area contributed by atoms with Crippen LogP contribution in [-0.4, -0.2) is 61.2 Å². The molecular weight excluding hydrogens is 472 g/mol. The number of carbonyl (C=O) groups excluding carboxylic acids is 1. The number of thiophene rings is 1. The van der Waals surface area contributed by atoms with E-state index in [1.165, 1.54) is 22.2 Å². The molecule has 1 saturated heterocycles. The van der Waals surface area contributed by atoms with Crippen LogP contribution < -0.4 is 14.4 Å². The quantitative estimate of drug-likeness (QED) is 0.440. The first kappa shape index (κ1) is 24.8. The minimum atomic E-state index is -0.00692. The van der Waals surface area contributed by atoms with Gasteiger partial charge in [0, 0.05) is 43.5 Å². The van der Waals surface area contributed by atoms with Gasteiger partial charge in [-0.05, 0) is 49.3 Å². The fourth-order valence-electron chi connectivity index (χ4n) is 5.31. The van der Waals surface area contributed by atoms with Gasteiger partial charge in [0.2, 0.25) is 0 Å². The molecule has 1 atom stereocenters. The molecule has 7 nitrogen and oxygen atoms in total. The Balaban J connectivity index is 1.40. The molecule has 0 N–H and O–H groups in total. The number of hydrogen-bond acceptors (Lipinski definition) is 7. The standard InChI is InChI=1S/C28H36N4O3S/c1-5-6-7-24-29-26(25-21-10-8-18(2)16-23(21)36-27(25)30-24)31-12-14-32(15-13-31)28(33)20-11-9-19(34-3)17-22(20)35-4/h9,11,17-18H,5-8,10,12-16H2,1-4H3. The lowest BCUT2D eigenvalue weighted by atomic mass is 9.89. The maximum Gasteiger partial charge on any atom is 0.257 e. The van der Waals surface area contributed by atoms with Crippen LogP contribution in [-0.2, 0) is 19.3 Å². The lowest BCUT2D eigenvalue weighted by Crippen LogP contribution is -2.49. The Morgan fingerprint density at radius 2 is 1.94 bits per heavy atom. The number of fused-ring (bicyclic) bond motifs is 3. The molecule has 0 radical (unpaired) electrons. The van der Waals surface area contributed by atoms with E-state index in [2.05, 4.69) is 18.7 Å². The minimum Gasteiger partial charge on any atom is -0.497 e. The maximum absolute atomic E-state index is 13.4. The lowest BCUT2D eigenvalue weighted by molar-refractivity contribution is 0.0743. The number of ether oxygens (including phenoxy) is 2. The van der Waals surface area contributed by atoms with Crippen molar-refractivity contribution in [2.24, 2.45) is 5.92 Å². The summed E-state index contributed by atoms with van der Waals surface area (Å²) in [5, 5.41) is 1.26. The van der Waals surface area contributed by atoms with Gasteiger partial charge in [0.15, 0.2) is 0 Å². The number of rotatable bonds is 7. The molecule has 2 aliphatic rings. The summed E-state index contributed by atoms with van der Waals surface area (Å²) in [4.78, 5) is 30.4. The van der Waals surface area contributed by atoms with E-state index in [0.717, 1.165) is 67.6 Å². The normalized spacial score (nSPS) is 17.8. The minimum absolute atomic E-state index is 0.00692. The topological polar surface area (TPSA) is 67.8 Å². The van der Waals surface area contributed by atoms with E-state index >= 15 is 0 Å². The SMILES string of the molecule is CCCCc1nc(N2CCN(C(=O)c3ccc(OC)cc3OC)CC2)c2c3c(sc2n1)CC(C)CC3. The molecule has 1 aromatic carbocycles. The zero-order valence-corrected chi connectivity index (χ0v) is 22.6. The number of amides is 1. The number of nitrogens with zero attached hydrogens (tertiary/aromatic N) is 4. The molecule has 1 fully saturated rings. The summed E-state index contributed by atoms with van der Waals surface area (Å²) in [5.74, 6) is 3.96. The third-order valence-corrected chi connectivity index (χ3v) is 8.59. The third kappa shape index (κ3) is 4.75. The summed E-state index contributed by atoms with van der Waals surface area (Å²) in [6.07, 6.45) is 6.61. The summed E-state index contributed by atoms with van der Waals surface area (Å²) < 4.78 is 10.8. The van der Waals surface area contributed by atoms with Crippen molar-refractivity contribution in [2.75, 3.05) is 45.3 Å². The largest absolute Gasteiger partial charge is 0.497 e. The van der Waals surface area contributed by atoms with Crippen LogP contribution in [0, 0.1) is 5.92 Å². The van der Waals surface area contributed by atoms with E-state index in [0.29, 0.717) is 30.2 Å². The lowest BCUT2D eigenvalue weighted by Gasteiger charge is -2.36. The number of carbonyl (C=O) groups is 1. The molecule has 3 heterocycles. The zero-order chi connectivity index (χ0) is 25.2. The Kier molecular flexibility index (Phi) is 7.32. The number of methoxy groups -OCH3 is 2. The van der Waals surface area contributed by atoms with E-state index in [9.17, 15) is 4.79 Å². The predicted octanol–water partition coefficient (Wildman–Crippen LogP) is 5.14. The molecule has 1 amide bonds. The smallest absolute Gasteiger partial charge is 0.257 e. The Morgan fingerprint density at radius 1 is 1.14 bits per heavy atom. The molecule has 0 saturated carbocycles. The van der Waals surface area contributed by atoms with Crippen molar-refractivity contribution in [1.29, 1.82) is 0 Å². The molecular formula is C28H36N4O3S. The second-order valence-electron chi connectivity index (χ2n) is 9.94. The van der Waals surface area contributed by atoms with Crippen molar-refractivity contribution in [3.63, 3.8) is 0 Å². The van der Waals surface area contributed by atoms with Crippen LogP contribution in [0.15, 0.2) is 18.2 Å². The van der Waals surface area contributed by atoms with Crippen molar-refractivity contribution in [2.45, 2.75) is 52.4 Å². The van der Waals surface area contributed by atoms with Crippen molar-refractivity contribution < 1.29 is 14.3 Å². The number of unbranched alkanes of at least 4 members (excludes halogenated alkanes) is 1. The molecule has 3 aromatic rings. The zero-order valence-electron chi connectivity index (χ0n) is 21.8. The van der Waals surface area contributed by atoms with Crippen molar-refractivity contribution in [1.82, 2.24) is 14.9 Å². The van der Waals surface area contributed by atoms with Gasteiger partial charge in [-0.1, -0.05) is 20.3 Å². The Morgan fingerprint density at radius 3 is 2.67 bits per heavy atom. The number of aromatic nitrogens is 2. The summed E-state index contributed by atoms with van der Waals surface area (Å²) in [6, 6.07) is 5.36. The monoisotopic (exact) mass is 508 g/mol. The number of benzene rings is 1. The molecule has 1 aliphatic heterocycles. The Bertz CT molecular complexity index is 1250. The van der Waals surface area contributed by atoms with E-state index in [4.69, 9.17) is 19.4 Å². The van der Waals surface area contributed by atoms with Gasteiger partial charge < -0.3 is 19.3 Å². The van der Waals surface area contributed by atoms with Crippen LogP contribution in [0.5, 0.6) is 11.5 Å². The van der Waals surface area contributed by atoms with Crippen molar-refractivity contribution in [3.05, 3.63) is 40.0 Å². The van der Waals surface area contributed by atoms with Crippen LogP contribution in [0.25, 0.3) is 10.2 Å². The van der Waals surface area contributed by atoms with E-state index in [1.807, 2.05) is 22.3 Å². The number of anilines is 1. The van der Waals surface area contributed by atoms with Crippen LogP contribution in [0.3, 0.4) is 0 Å². The molecule has 5 rings (SSSR count). The van der Waals surface area contributed by atoms with E-state index in [1.54, 1.807) is 26.4 Å². The summed E-state index contributed by atoms with van der Waals surface area (Å²) in [7, 11) is 3.20. The van der Waals surface area contributed by atoms with Gasteiger partial charge in [-0.3, -0.25) is 4.79 Å². The molecule has 1 aliphatic carbocycles. The number of piperazine rings is 1. The molecule has 0 spiro atoms. The number of aryl methyl sites for hydroxylation is 2. The van der Waals surface area contributed by atoms with Crippen LogP contribution in [0.4, 0.5) is 5.82 Å². The Labute approximate surface area is 217 Å². The van der Waals surface area contributed by atoms with Crippen LogP contribution in [0.2, 0.25) is 0 Å². The Hall–Kier alpha value is -2.87. The van der Waals surface area contributed by atoms with Gasteiger partial charge in [-0.2, -0.15) is 0 Å². The van der Waals surface area contributed by atoms with Crippen molar-refractivity contribution >= 4 is 33.3 Å². The van der Waals surface area contributed by atoms with E-state index in [-0.39, 0.29) is 5.91 Å². The summed E-state index contributed by atoms with van der Waals surface area (Å²) in [5.41, 5.74) is 2.03. The van der Waals surface area contributed by atoms with Gasteiger partial charge in [0.25, 0.3) is 5.91 Å². The highest BCUT2D eigenvalue weighted by Crippen LogP contribution is 2.41. The van der Waals surface area contributed by atoms with Crippen molar-refractivity contribution in [3.8, 4) is 11.5 Å². The molecule has 8 heteroatoms. The van der Waals surface area contributed by atoms with Gasteiger partial charge in [0.05, 0.1) is 25.2 Å². The maximum atomic E-state index is 13.4. The molecule has 192 valence electrons. The van der Waals surface area contributed by atoms with Crippen LogP contribution in [0.1, 0.15) is 59.7 Å². The fourth-order valence-corrected chi connectivity index (χ4v) is 6.70. The average molecular weight is 509 g/mol. The van der Waals surface area contributed by atoms with Gasteiger partial charge in [-0.25, -0.2) is 9.97 Å². The highest BCUT2D eigenvalue weighted by molar-refractivity contribution is 7.19. The molecule has 36 heavy (non-hydrogen) atoms. The first-order valence-electron chi connectivity index (χ1n) is 13.1. The predicted molar refractivity (Wildman–Crippen MR) is 145 cm³/mol.